The van der Waals surface area contributed by atoms with Crippen LogP contribution in [0.1, 0.15) is 25.0 Å². The number of aliphatic imine (C=N–C) groups is 1. The molecule has 2 aliphatic heterocycles. The van der Waals surface area contributed by atoms with E-state index in [0.717, 1.165) is 37.5 Å². The lowest BCUT2D eigenvalue weighted by atomic mass is 10.1. The zero-order valence-electron chi connectivity index (χ0n) is 18.0. The second kappa shape index (κ2) is 9.34. The number of benzene rings is 2. The van der Waals surface area contributed by atoms with Crippen LogP contribution in [0.15, 0.2) is 59.7 Å². The molecule has 0 aliphatic carbocycles. The van der Waals surface area contributed by atoms with Crippen molar-refractivity contribution in [2.24, 2.45) is 4.99 Å². The topological polar surface area (TPSA) is 97.0 Å². The maximum absolute atomic E-state index is 13.1. The van der Waals surface area contributed by atoms with Crippen molar-refractivity contribution in [3.05, 3.63) is 76.0 Å². The monoisotopic (exact) mass is 456 g/mol. The fourth-order valence-electron chi connectivity index (χ4n) is 3.13. The van der Waals surface area contributed by atoms with E-state index in [1.165, 1.54) is 6.07 Å². The molecule has 4 rings (SSSR count). The Morgan fingerprint density at radius 1 is 1.16 bits per heavy atom. The molecule has 2 aliphatic rings. The first-order valence-electron chi connectivity index (χ1n) is 10.4. The lowest BCUT2D eigenvalue weighted by Crippen LogP contribution is -2.08. The van der Waals surface area contributed by atoms with Gasteiger partial charge in [-0.25, -0.2) is 9.34 Å². The van der Waals surface area contributed by atoms with Crippen molar-refractivity contribution in [3.63, 3.8) is 0 Å². The molecule has 2 heterocycles. The van der Waals surface area contributed by atoms with Crippen LogP contribution in [0.25, 0.3) is 0 Å². The van der Waals surface area contributed by atoms with Crippen molar-refractivity contribution < 1.29 is 18.7 Å². The highest BCUT2D eigenvalue weighted by Gasteiger charge is 2.49. The van der Waals surface area contributed by atoms with Gasteiger partial charge in [0.05, 0.1) is 11.5 Å². The summed E-state index contributed by atoms with van der Waals surface area (Å²) in [5.41, 5.74) is 2.28. The van der Waals surface area contributed by atoms with Crippen molar-refractivity contribution in [1.82, 2.24) is 9.34 Å². The summed E-state index contributed by atoms with van der Waals surface area (Å²) >= 11 is 0. The number of nitro groups is 1. The number of hydrogen-bond donors (Lipinski definition) is 0. The van der Waals surface area contributed by atoms with Gasteiger partial charge in [0.2, 0.25) is 5.75 Å². The SMILES string of the molecule is C/C=C\N=C(C)c1ccc(Oc2cc(COP(=O)(N3CC3)N3CC3)ccc2[N+](=O)[O-])cc1. The Hall–Kier alpha value is -2.84. The van der Waals surface area contributed by atoms with Crippen LogP contribution in [0, 0.1) is 10.1 Å². The lowest BCUT2D eigenvalue weighted by Gasteiger charge is -2.19. The van der Waals surface area contributed by atoms with Gasteiger partial charge in [0.25, 0.3) is 0 Å². The molecule has 168 valence electrons. The van der Waals surface area contributed by atoms with E-state index < -0.39 is 12.6 Å². The van der Waals surface area contributed by atoms with E-state index in [-0.39, 0.29) is 18.0 Å². The fourth-order valence-corrected chi connectivity index (χ4v) is 5.32. The van der Waals surface area contributed by atoms with Crippen LogP contribution in [0.3, 0.4) is 0 Å². The van der Waals surface area contributed by atoms with Crippen LogP contribution in [-0.2, 0) is 15.7 Å². The Bertz CT molecular complexity index is 1090. The predicted octanol–water partition coefficient (Wildman–Crippen LogP) is 4.99. The average molecular weight is 456 g/mol. The Labute approximate surface area is 186 Å². The van der Waals surface area contributed by atoms with Crippen molar-refractivity contribution in [1.29, 1.82) is 0 Å². The van der Waals surface area contributed by atoms with Gasteiger partial charge in [-0.15, -0.1) is 0 Å². The summed E-state index contributed by atoms with van der Waals surface area (Å²) in [4.78, 5) is 15.3. The largest absolute Gasteiger partial charge is 0.450 e. The second-order valence-electron chi connectivity index (χ2n) is 7.55. The number of ether oxygens (including phenoxy) is 1. The van der Waals surface area contributed by atoms with E-state index in [4.69, 9.17) is 9.26 Å². The molecule has 0 bridgehead atoms. The van der Waals surface area contributed by atoms with Gasteiger partial charge in [0, 0.05) is 44.2 Å². The van der Waals surface area contributed by atoms with Crippen LogP contribution in [0.2, 0.25) is 0 Å². The van der Waals surface area contributed by atoms with Crippen LogP contribution >= 0.6 is 7.67 Å². The molecule has 0 radical (unpaired) electrons. The minimum absolute atomic E-state index is 0.0815. The van der Waals surface area contributed by atoms with Crippen LogP contribution in [0.5, 0.6) is 11.5 Å². The van der Waals surface area contributed by atoms with E-state index in [9.17, 15) is 14.7 Å². The third kappa shape index (κ3) is 5.14. The smallest absolute Gasteiger partial charge is 0.346 e. The molecule has 2 saturated heterocycles. The Balaban J connectivity index is 1.51. The lowest BCUT2D eigenvalue weighted by molar-refractivity contribution is -0.385. The third-order valence-corrected chi connectivity index (χ3v) is 7.79. The van der Waals surface area contributed by atoms with Gasteiger partial charge in [-0.05, 0) is 61.4 Å². The summed E-state index contributed by atoms with van der Waals surface area (Å²) < 4.78 is 28.4. The second-order valence-corrected chi connectivity index (χ2v) is 9.92. The molecule has 0 N–H and O–H groups in total. The average Bonchev–Trinajstić information content (AvgIpc) is 3.68. The third-order valence-electron chi connectivity index (χ3n) is 5.10. The summed E-state index contributed by atoms with van der Waals surface area (Å²) in [5, 5.41) is 11.5. The molecule has 0 aromatic heterocycles. The molecule has 0 unspecified atom stereocenters. The maximum atomic E-state index is 13.1. The molecular weight excluding hydrogens is 431 g/mol. The summed E-state index contributed by atoms with van der Waals surface area (Å²) in [6, 6.07) is 11.7. The van der Waals surface area contributed by atoms with E-state index in [2.05, 4.69) is 4.99 Å². The normalized spacial score (nSPS) is 17.0. The van der Waals surface area contributed by atoms with E-state index >= 15 is 0 Å². The molecule has 0 spiro atoms. The molecule has 32 heavy (non-hydrogen) atoms. The highest BCUT2D eigenvalue weighted by atomic mass is 31.2. The summed E-state index contributed by atoms with van der Waals surface area (Å²) in [7, 11) is -2.97. The molecule has 0 amide bonds. The minimum Gasteiger partial charge on any atom is -0.450 e. The maximum Gasteiger partial charge on any atom is 0.346 e. The van der Waals surface area contributed by atoms with Gasteiger partial charge in [-0.2, -0.15) is 0 Å². The first-order chi connectivity index (χ1) is 15.4. The molecule has 2 aromatic carbocycles. The Morgan fingerprint density at radius 3 is 2.38 bits per heavy atom. The van der Waals surface area contributed by atoms with Crippen LogP contribution in [-0.4, -0.2) is 46.2 Å². The van der Waals surface area contributed by atoms with Crippen molar-refractivity contribution in [3.8, 4) is 11.5 Å². The number of hydrogen-bond acceptors (Lipinski definition) is 6. The summed E-state index contributed by atoms with van der Waals surface area (Å²) in [6.45, 7) is 6.92. The Kier molecular flexibility index (Phi) is 6.53. The zero-order chi connectivity index (χ0) is 22.7. The van der Waals surface area contributed by atoms with E-state index in [0.29, 0.717) is 11.3 Å². The molecule has 10 heteroatoms. The summed E-state index contributed by atoms with van der Waals surface area (Å²) in [5.74, 6) is 0.573. The van der Waals surface area contributed by atoms with E-state index in [1.807, 2.05) is 41.4 Å². The number of allylic oxidation sites excluding steroid dienone is 1. The molecule has 9 nitrogen and oxygen atoms in total. The predicted molar refractivity (Wildman–Crippen MR) is 122 cm³/mol. The molecular formula is C22H25N4O5P. The van der Waals surface area contributed by atoms with Crippen LogP contribution in [0.4, 0.5) is 5.69 Å². The number of rotatable bonds is 10. The molecule has 2 aromatic rings. The summed E-state index contributed by atoms with van der Waals surface area (Å²) in [6.07, 6.45) is 3.57. The zero-order valence-corrected chi connectivity index (χ0v) is 18.9. The van der Waals surface area contributed by atoms with E-state index in [1.54, 1.807) is 30.5 Å². The standard InChI is InChI=1S/C22H25N4O5P/c1-3-10-23-17(2)19-5-7-20(8-6-19)31-22-15-18(4-9-21(22)26(27)28)16-30-32(29,24-11-12-24)25-13-14-25/h3-10,15H,11-14,16H2,1-2H3/b10-3-,23-17?. The van der Waals surface area contributed by atoms with Crippen molar-refractivity contribution >= 4 is 19.1 Å². The number of nitrogens with zero attached hydrogens (tertiary/aromatic N) is 4. The molecule has 0 saturated carbocycles. The fraction of sp³-hybridized carbons (Fsp3) is 0.318. The van der Waals surface area contributed by atoms with Gasteiger partial charge in [-0.1, -0.05) is 6.08 Å². The minimum atomic E-state index is -2.97. The van der Waals surface area contributed by atoms with Gasteiger partial charge in [-0.3, -0.25) is 19.7 Å². The first kappa shape index (κ1) is 22.4. The van der Waals surface area contributed by atoms with Crippen LogP contribution < -0.4 is 4.74 Å². The Morgan fingerprint density at radius 2 is 1.81 bits per heavy atom. The molecule has 0 atom stereocenters. The highest BCUT2D eigenvalue weighted by molar-refractivity contribution is 7.54. The van der Waals surface area contributed by atoms with Crippen molar-refractivity contribution in [2.75, 3.05) is 26.2 Å². The van der Waals surface area contributed by atoms with Gasteiger partial charge in [0.1, 0.15) is 5.75 Å². The molecule has 2 fully saturated rings. The highest BCUT2D eigenvalue weighted by Crippen LogP contribution is 2.61. The first-order valence-corrected chi connectivity index (χ1v) is 11.9. The number of nitro benzene ring substituents is 1. The van der Waals surface area contributed by atoms with Crippen molar-refractivity contribution in [2.45, 2.75) is 20.5 Å². The quantitative estimate of drug-likeness (QED) is 0.163. The van der Waals surface area contributed by atoms with Gasteiger partial charge < -0.3 is 9.26 Å². The van der Waals surface area contributed by atoms with Gasteiger partial charge in [0.15, 0.2) is 0 Å². The van der Waals surface area contributed by atoms with Gasteiger partial charge >= 0.3 is 13.4 Å².